The topological polar surface area (TPSA) is 94.3 Å². The number of rotatable bonds is 1. The minimum absolute atomic E-state index is 0.365. The van der Waals surface area contributed by atoms with Gasteiger partial charge in [0.2, 0.25) is 5.96 Å². The predicted molar refractivity (Wildman–Crippen MR) is 69.3 cm³/mol. The van der Waals surface area contributed by atoms with E-state index in [9.17, 15) is 0 Å². The van der Waals surface area contributed by atoms with Crippen LogP contribution in [0.1, 0.15) is 25.7 Å². The van der Waals surface area contributed by atoms with Gasteiger partial charge in [0.25, 0.3) is 0 Å². The summed E-state index contributed by atoms with van der Waals surface area (Å²) in [4.78, 5) is 4.62. The Morgan fingerprint density at radius 2 is 2.17 bits per heavy atom. The van der Waals surface area contributed by atoms with Gasteiger partial charge in [0.1, 0.15) is 11.5 Å². The van der Waals surface area contributed by atoms with Crippen molar-refractivity contribution in [3.63, 3.8) is 0 Å². The zero-order valence-corrected chi connectivity index (χ0v) is 10.2. The summed E-state index contributed by atoms with van der Waals surface area (Å²) >= 11 is 0. The molecule has 2 aliphatic rings. The van der Waals surface area contributed by atoms with Crippen molar-refractivity contribution in [2.75, 3.05) is 0 Å². The Hall–Kier alpha value is -1.82. The molecule has 0 amide bonds. The highest BCUT2D eigenvalue weighted by molar-refractivity contribution is 5.84. The van der Waals surface area contributed by atoms with Gasteiger partial charge in [-0.1, -0.05) is 12.8 Å². The van der Waals surface area contributed by atoms with Gasteiger partial charge in [0.05, 0.1) is 0 Å². The number of aromatic nitrogens is 2. The van der Waals surface area contributed by atoms with Crippen molar-refractivity contribution in [3.05, 3.63) is 30.4 Å². The first-order valence-corrected chi connectivity index (χ1v) is 6.31. The van der Waals surface area contributed by atoms with Crippen molar-refractivity contribution in [3.8, 4) is 0 Å². The van der Waals surface area contributed by atoms with Gasteiger partial charge in [-0.2, -0.15) is 5.10 Å². The van der Waals surface area contributed by atoms with Crippen LogP contribution in [0.4, 0.5) is 0 Å². The van der Waals surface area contributed by atoms with Crippen molar-refractivity contribution in [2.24, 2.45) is 22.4 Å². The lowest BCUT2D eigenvalue weighted by atomic mass is 9.91. The Kier molecular flexibility index (Phi) is 2.59. The molecule has 1 atom stereocenters. The van der Waals surface area contributed by atoms with Gasteiger partial charge < -0.3 is 16.8 Å². The van der Waals surface area contributed by atoms with Crippen LogP contribution in [-0.4, -0.2) is 21.4 Å². The minimum atomic E-state index is -0.701. The molecule has 96 valence electrons. The van der Waals surface area contributed by atoms with Crippen molar-refractivity contribution in [1.82, 2.24) is 15.1 Å². The van der Waals surface area contributed by atoms with E-state index in [-0.39, 0.29) is 0 Å². The fraction of sp³-hybridized carbons (Fsp3) is 0.500. The molecule has 0 bridgehead atoms. The molecule has 3 rings (SSSR count). The number of hydrogen-bond donors (Lipinski definition) is 3. The Balaban J connectivity index is 1.95. The Morgan fingerprint density at radius 1 is 1.39 bits per heavy atom. The molecule has 0 radical (unpaired) electrons. The second-order valence-corrected chi connectivity index (χ2v) is 4.98. The molecule has 1 aromatic rings. The second kappa shape index (κ2) is 4.13. The van der Waals surface area contributed by atoms with E-state index in [2.05, 4.69) is 15.4 Å². The molecule has 1 fully saturated rings. The van der Waals surface area contributed by atoms with Crippen LogP contribution in [0.3, 0.4) is 0 Å². The highest BCUT2D eigenvalue weighted by Gasteiger charge is 2.37. The van der Waals surface area contributed by atoms with Gasteiger partial charge in [-0.3, -0.25) is 0 Å². The highest BCUT2D eigenvalue weighted by atomic mass is 15.4. The molecule has 6 heteroatoms. The van der Waals surface area contributed by atoms with Crippen LogP contribution >= 0.6 is 0 Å². The molecule has 0 saturated heterocycles. The molecular weight excluding hydrogens is 228 g/mol. The zero-order valence-electron chi connectivity index (χ0n) is 10.2. The van der Waals surface area contributed by atoms with Crippen LogP contribution < -0.4 is 16.8 Å². The maximum Gasteiger partial charge on any atom is 0.226 e. The van der Waals surface area contributed by atoms with Crippen molar-refractivity contribution < 1.29 is 0 Å². The molecule has 5 N–H and O–H groups in total. The molecule has 1 saturated carbocycles. The van der Waals surface area contributed by atoms with Crippen LogP contribution in [0.15, 0.2) is 35.3 Å². The largest absolute Gasteiger partial charge is 0.385 e. The molecule has 1 unspecified atom stereocenters. The summed E-state index contributed by atoms with van der Waals surface area (Å²) in [7, 11) is 0. The monoisotopic (exact) mass is 246 g/mol. The number of nitrogens with two attached hydrogens (primary N) is 2. The van der Waals surface area contributed by atoms with Crippen LogP contribution in [0.25, 0.3) is 0 Å². The van der Waals surface area contributed by atoms with E-state index >= 15 is 0 Å². The van der Waals surface area contributed by atoms with Crippen LogP contribution in [0.5, 0.6) is 0 Å². The molecular formula is C12H18N6. The number of aliphatic imine (C=N–C) groups is 1. The summed E-state index contributed by atoms with van der Waals surface area (Å²) < 4.78 is 1.65. The Labute approximate surface area is 106 Å². The third kappa shape index (κ3) is 1.88. The van der Waals surface area contributed by atoms with Gasteiger partial charge in [0.15, 0.2) is 0 Å². The first kappa shape index (κ1) is 11.3. The van der Waals surface area contributed by atoms with Gasteiger partial charge >= 0.3 is 0 Å². The third-order valence-corrected chi connectivity index (χ3v) is 3.67. The van der Waals surface area contributed by atoms with E-state index in [1.165, 1.54) is 12.8 Å². The van der Waals surface area contributed by atoms with Crippen LogP contribution in [-0.2, 0) is 0 Å². The van der Waals surface area contributed by atoms with E-state index in [1.807, 2.05) is 18.3 Å². The van der Waals surface area contributed by atoms with Gasteiger partial charge in [-0.05, 0) is 25.0 Å². The first-order chi connectivity index (χ1) is 8.67. The highest BCUT2D eigenvalue weighted by Crippen LogP contribution is 2.35. The zero-order chi connectivity index (χ0) is 12.6. The normalized spacial score (nSPS) is 28.7. The first-order valence-electron chi connectivity index (χ1n) is 6.31. The maximum atomic E-state index is 6.43. The van der Waals surface area contributed by atoms with E-state index < -0.39 is 5.66 Å². The van der Waals surface area contributed by atoms with Crippen molar-refractivity contribution in [1.29, 1.82) is 0 Å². The molecule has 0 aromatic carbocycles. The fourth-order valence-corrected chi connectivity index (χ4v) is 2.76. The summed E-state index contributed by atoms with van der Waals surface area (Å²) in [5.74, 6) is 1.50. The molecule has 18 heavy (non-hydrogen) atoms. The number of hydrogen-bond acceptors (Lipinski definition) is 5. The minimum Gasteiger partial charge on any atom is -0.385 e. The number of nitrogens with zero attached hydrogens (tertiary/aromatic N) is 3. The smallest absolute Gasteiger partial charge is 0.226 e. The summed E-state index contributed by atoms with van der Waals surface area (Å²) in [5, 5.41) is 7.16. The molecule has 1 aromatic heterocycles. The average Bonchev–Trinajstić information content (AvgIpc) is 3.02. The summed E-state index contributed by atoms with van der Waals surface area (Å²) in [6.45, 7) is 0. The van der Waals surface area contributed by atoms with Crippen molar-refractivity contribution in [2.45, 2.75) is 31.3 Å². The van der Waals surface area contributed by atoms with E-state index in [1.54, 1.807) is 10.9 Å². The molecule has 1 aliphatic heterocycles. The van der Waals surface area contributed by atoms with Gasteiger partial charge in [-0.25, -0.2) is 9.67 Å². The Morgan fingerprint density at radius 3 is 2.83 bits per heavy atom. The summed E-state index contributed by atoms with van der Waals surface area (Å²) in [5.41, 5.74) is 11.6. The molecule has 2 heterocycles. The van der Waals surface area contributed by atoms with E-state index in [0.717, 1.165) is 12.8 Å². The molecule has 1 aliphatic carbocycles. The standard InChI is InChI=1S/C12H18N6/c13-10-8-12(14,9-4-1-2-5-9)17-11(16-10)18-7-3-6-15-18/h3,6-9H,1-2,4-5,13-14H2,(H,16,17). The lowest BCUT2D eigenvalue weighted by molar-refractivity contribution is 0.343. The fourth-order valence-electron chi connectivity index (χ4n) is 2.76. The lowest BCUT2D eigenvalue weighted by Crippen LogP contribution is -2.51. The number of nitrogens with one attached hydrogen (secondary N) is 1. The summed E-state index contributed by atoms with van der Waals surface area (Å²) in [6.07, 6.45) is 10.0. The lowest BCUT2D eigenvalue weighted by Gasteiger charge is -2.33. The maximum absolute atomic E-state index is 6.43. The Bertz CT molecular complexity index is 483. The average molecular weight is 246 g/mol. The quantitative estimate of drug-likeness (QED) is 0.666. The van der Waals surface area contributed by atoms with E-state index in [0.29, 0.717) is 17.7 Å². The van der Waals surface area contributed by atoms with Crippen LogP contribution in [0.2, 0.25) is 0 Å². The predicted octanol–water partition coefficient (Wildman–Crippen LogP) is 0.336. The molecule has 6 nitrogen and oxygen atoms in total. The molecule has 0 spiro atoms. The third-order valence-electron chi connectivity index (χ3n) is 3.67. The SMILES string of the molecule is NC1=CC(N)(C2CCCC2)N=C(n2cccn2)N1. The van der Waals surface area contributed by atoms with Crippen LogP contribution in [0, 0.1) is 5.92 Å². The van der Waals surface area contributed by atoms with E-state index in [4.69, 9.17) is 11.5 Å². The van der Waals surface area contributed by atoms with Gasteiger partial charge in [0, 0.05) is 18.3 Å². The van der Waals surface area contributed by atoms with Crippen molar-refractivity contribution >= 4 is 5.96 Å². The van der Waals surface area contributed by atoms with Gasteiger partial charge in [-0.15, -0.1) is 0 Å². The second-order valence-electron chi connectivity index (χ2n) is 4.98. The summed E-state index contributed by atoms with van der Waals surface area (Å²) in [6, 6.07) is 1.84.